The first-order chi connectivity index (χ1) is 14.4. The number of esters is 4. The van der Waals surface area contributed by atoms with Crippen LogP contribution in [0, 0.1) is 0 Å². The Morgan fingerprint density at radius 2 is 1.34 bits per heavy atom. The van der Waals surface area contributed by atoms with E-state index in [1.807, 2.05) is 0 Å². The summed E-state index contributed by atoms with van der Waals surface area (Å²) in [6, 6.07) is 0. The van der Waals surface area contributed by atoms with Gasteiger partial charge >= 0.3 is 23.9 Å². The van der Waals surface area contributed by atoms with Crippen LogP contribution in [-0.4, -0.2) is 99.7 Å². The summed E-state index contributed by atoms with van der Waals surface area (Å²) in [6.45, 7) is 3.85. The zero-order chi connectivity index (χ0) is 23.8. The predicted molar refractivity (Wildman–Crippen MR) is 101 cm³/mol. The van der Waals surface area contributed by atoms with Gasteiger partial charge in [-0.15, -0.1) is 0 Å². The average molecular weight is 579 g/mol. The minimum atomic E-state index is -1.30. The van der Waals surface area contributed by atoms with Gasteiger partial charge in [0.15, 0.2) is 24.6 Å². The highest BCUT2D eigenvalue weighted by Crippen LogP contribution is 2.30. The third-order valence-corrected chi connectivity index (χ3v) is 4.25. The summed E-state index contributed by atoms with van der Waals surface area (Å²) in [5.41, 5.74) is 0. The zero-order valence-corrected chi connectivity index (χ0v) is 21.2. The van der Waals surface area contributed by atoms with Crippen molar-refractivity contribution in [2.45, 2.75) is 58.4 Å². The van der Waals surface area contributed by atoms with Gasteiger partial charge in [-0.25, -0.2) is 0 Å². The number of hydrogen-bond donors (Lipinski definition) is 0. The number of ether oxygens (including phenoxy) is 6. The van der Waals surface area contributed by atoms with Crippen molar-refractivity contribution in [2.75, 3.05) is 40.7 Å². The SMILES string of the molecule is CC(=O)OC[C@H]1OC(OCC[N+](C)(C)CF)[C@H](OC(C)=O)[C@@H](OC(C)=O)[C@@H]1OC(C)=O.[I-]. The molecule has 0 amide bonds. The van der Waals surface area contributed by atoms with E-state index in [1.165, 1.54) is 6.92 Å². The quantitative estimate of drug-likeness (QED) is 0.0876. The number of nitrogens with zero attached hydrogens (tertiary/aromatic N) is 1. The normalized spacial score (nSPS) is 25.2. The number of halogens is 2. The van der Waals surface area contributed by atoms with Gasteiger partial charge in [0.25, 0.3) is 0 Å². The zero-order valence-electron chi connectivity index (χ0n) is 19.0. The molecular weight excluding hydrogens is 548 g/mol. The third-order valence-electron chi connectivity index (χ3n) is 4.25. The molecule has 1 rings (SSSR count). The lowest BCUT2D eigenvalue weighted by Gasteiger charge is -2.44. The van der Waals surface area contributed by atoms with Crippen molar-refractivity contribution < 1.29 is 80.4 Å². The molecule has 1 aliphatic rings. The molecule has 0 aliphatic carbocycles. The fourth-order valence-electron chi connectivity index (χ4n) is 2.80. The molecule has 32 heavy (non-hydrogen) atoms. The molecule has 1 fully saturated rings. The highest BCUT2D eigenvalue weighted by atomic mass is 127. The van der Waals surface area contributed by atoms with Crippen LogP contribution in [0.1, 0.15) is 27.7 Å². The lowest BCUT2D eigenvalue weighted by Crippen LogP contribution is -3.00. The van der Waals surface area contributed by atoms with Crippen molar-refractivity contribution in [3.05, 3.63) is 0 Å². The van der Waals surface area contributed by atoms with Crippen LogP contribution in [0.15, 0.2) is 0 Å². The van der Waals surface area contributed by atoms with E-state index in [0.29, 0.717) is 0 Å². The minimum Gasteiger partial charge on any atom is -1.00 e. The Kier molecular flexibility index (Phi) is 13.2. The van der Waals surface area contributed by atoms with Gasteiger partial charge in [0.05, 0.1) is 20.7 Å². The van der Waals surface area contributed by atoms with Gasteiger partial charge in [0.1, 0.15) is 19.3 Å². The van der Waals surface area contributed by atoms with Crippen LogP contribution in [0.5, 0.6) is 0 Å². The van der Waals surface area contributed by atoms with Crippen LogP contribution >= 0.6 is 0 Å². The highest BCUT2D eigenvalue weighted by Gasteiger charge is 2.52. The molecule has 1 unspecified atom stereocenters. The maximum atomic E-state index is 13.1. The van der Waals surface area contributed by atoms with Crippen LogP contribution in [0.25, 0.3) is 0 Å². The van der Waals surface area contributed by atoms with Crippen molar-refractivity contribution >= 4 is 23.9 Å². The van der Waals surface area contributed by atoms with Gasteiger partial charge in [0, 0.05) is 27.7 Å². The van der Waals surface area contributed by atoms with Crippen LogP contribution in [-0.2, 0) is 47.6 Å². The molecule has 0 radical (unpaired) electrons. The third kappa shape index (κ3) is 10.4. The second-order valence-corrected chi connectivity index (χ2v) is 7.72. The van der Waals surface area contributed by atoms with E-state index in [0.717, 1.165) is 20.8 Å². The molecule has 11 nitrogen and oxygen atoms in total. The molecule has 1 aliphatic heterocycles. The number of hydrogen-bond acceptors (Lipinski definition) is 10. The lowest BCUT2D eigenvalue weighted by atomic mass is 9.98. The summed E-state index contributed by atoms with van der Waals surface area (Å²) in [5.74, 6) is -2.79. The molecule has 13 heteroatoms. The lowest BCUT2D eigenvalue weighted by molar-refractivity contribution is -0.903. The molecule has 0 aromatic carbocycles. The largest absolute Gasteiger partial charge is 1.00 e. The maximum Gasteiger partial charge on any atom is 0.303 e. The Hall–Kier alpha value is -1.58. The number of quaternary nitrogens is 1. The molecule has 1 heterocycles. The van der Waals surface area contributed by atoms with Gasteiger partial charge in [-0.2, -0.15) is 4.39 Å². The van der Waals surface area contributed by atoms with Gasteiger partial charge in [-0.3, -0.25) is 19.2 Å². The van der Waals surface area contributed by atoms with E-state index < -0.39 is 61.4 Å². The Morgan fingerprint density at radius 3 is 1.81 bits per heavy atom. The molecule has 186 valence electrons. The Morgan fingerprint density at radius 1 is 0.844 bits per heavy atom. The van der Waals surface area contributed by atoms with E-state index >= 15 is 0 Å². The standard InChI is InChI=1S/C19H31FNO10.HI/c1-11(22)27-9-15-16(28-12(2)23)17(29-13(3)24)18(30-14(4)25)19(31-15)26-8-7-21(5,6)10-20;/h15-19H,7-10H2,1-6H3;1H/q+1;/p-1/t15-,16-,17+,18-,19?;/m1./s1. The Bertz CT molecular complexity index is 662. The number of likely N-dealkylation sites (N-methyl/N-ethyl adjacent to an activating group) is 1. The van der Waals surface area contributed by atoms with E-state index in [2.05, 4.69) is 0 Å². The molecule has 0 spiro atoms. The fraction of sp³-hybridized carbons (Fsp3) is 0.789. The van der Waals surface area contributed by atoms with Crippen molar-refractivity contribution in [1.29, 1.82) is 0 Å². The van der Waals surface area contributed by atoms with Crippen LogP contribution in [0.2, 0.25) is 0 Å². The number of alkyl halides is 1. The van der Waals surface area contributed by atoms with E-state index in [-0.39, 0.29) is 48.2 Å². The topological polar surface area (TPSA) is 124 Å². The number of carbonyl (C=O) groups is 4. The first-order valence-electron chi connectivity index (χ1n) is 9.66. The molecule has 1 saturated heterocycles. The van der Waals surface area contributed by atoms with Crippen LogP contribution in [0.4, 0.5) is 4.39 Å². The van der Waals surface area contributed by atoms with Crippen LogP contribution in [0.3, 0.4) is 0 Å². The van der Waals surface area contributed by atoms with Gasteiger partial charge in [-0.1, -0.05) is 0 Å². The first kappa shape index (κ1) is 30.4. The molecule has 0 N–H and O–H groups in total. The van der Waals surface area contributed by atoms with Gasteiger partial charge in [0.2, 0.25) is 6.80 Å². The first-order valence-corrected chi connectivity index (χ1v) is 9.66. The highest BCUT2D eigenvalue weighted by molar-refractivity contribution is 5.68. The van der Waals surface area contributed by atoms with Gasteiger partial charge < -0.3 is 56.9 Å². The summed E-state index contributed by atoms with van der Waals surface area (Å²) >= 11 is 0. The van der Waals surface area contributed by atoms with Gasteiger partial charge in [-0.05, 0) is 0 Å². The monoisotopic (exact) mass is 579 g/mol. The Labute approximate surface area is 203 Å². The maximum absolute atomic E-state index is 13.1. The summed E-state index contributed by atoms with van der Waals surface area (Å²) in [6.07, 6.45) is -6.19. The molecule has 0 saturated carbocycles. The van der Waals surface area contributed by atoms with E-state index in [1.54, 1.807) is 14.1 Å². The average Bonchev–Trinajstić information content (AvgIpc) is 2.63. The second kappa shape index (κ2) is 13.9. The van der Waals surface area contributed by atoms with Crippen LogP contribution < -0.4 is 24.0 Å². The van der Waals surface area contributed by atoms with E-state index in [4.69, 9.17) is 28.4 Å². The number of carbonyl (C=O) groups excluding carboxylic acids is 4. The minimum absolute atomic E-state index is 0. The van der Waals surface area contributed by atoms with Crippen molar-refractivity contribution in [3.63, 3.8) is 0 Å². The summed E-state index contributed by atoms with van der Waals surface area (Å²) in [7, 11) is 3.30. The summed E-state index contributed by atoms with van der Waals surface area (Å²) in [4.78, 5) is 46.3. The van der Waals surface area contributed by atoms with E-state index in [9.17, 15) is 23.6 Å². The molecule has 5 atom stereocenters. The van der Waals surface area contributed by atoms with Crippen molar-refractivity contribution in [1.82, 2.24) is 0 Å². The Balaban J connectivity index is 0.00000961. The van der Waals surface area contributed by atoms with Crippen molar-refractivity contribution in [2.24, 2.45) is 0 Å². The summed E-state index contributed by atoms with van der Waals surface area (Å²) < 4.78 is 45.3. The van der Waals surface area contributed by atoms with Crippen molar-refractivity contribution in [3.8, 4) is 0 Å². The fourth-order valence-corrected chi connectivity index (χ4v) is 2.80. The summed E-state index contributed by atoms with van der Waals surface area (Å²) in [5, 5.41) is 0. The molecule has 0 aromatic rings. The predicted octanol–water partition coefficient (Wildman–Crippen LogP) is -2.91. The molecule has 0 bridgehead atoms. The molecule has 0 aromatic heterocycles. The molecular formula is C19H31FINO10. The number of rotatable bonds is 10. The smallest absolute Gasteiger partial charge is 0.303 e. The second-order valence-electron chi connectivity index (χ2n) is 7.72.